The van der Waals surface area contributed by atoms with Crippen LogP contribution in [0.25, 0.3) is 0 Å². The van der Waals surface area contributed by atoms with Gasteiger partial charge < -0.3 is 14.4 Å². The molecule has 0 radical (unpaired) electrons. The van der Waals surface area contributed by atoms with E-state index in [-0.39, 0.29) is 6.10 Å². The second-order valence-corrected chi connectivity index (χ2v) is 4.35. The van der Waals surface area contributed by atoms with Crippen molar-refractivity contribution in [2.24, 2.45) is 5.92 Å². The highest BCUT2D eigenvalue weighted by molar-refractivity contribution is 4.89. The quantitative estimate of drug-likeness (QED) is 0.819. The van der Waals surface area contributed by atoms with Gasteiger partial charge in [0.2, 0.25) is 5.89 Å². The lowest BCUT2D eigenvalue weighted by molar-refractivity contribution is 0.102. The van der Waals surface area contributed by atoms with Gasteiger partial charge in [-0.3, -0.25) is 0 Å². The molecule has 0 spiro atoms. The van der Waals surface area contributed by atoms with Crippen molar-refractivity contribution in [3.63, 3.8) is 0 Å². The average molecular weight is 226 g/mol. The summed E-state index contributed by atoms with van der Waals surface area (Å²) in [6.07, 6.45) is 4.78. The summed E-state index contributed by atoms with van der Waals surface area (Å²) < 4.78 is 9.94. The van der Waals surface area contributed by atoms with E-state index >= 15 is 0 Å². The number of hydrogen-bond donors (Lipinski definition) is 1. The van der Waals surface area contributed by atoms with Gasteiger partial charge in [0.1, 0.15) is 6.61 Å². The Kier molecular flexibility index (Phi) is 3.90. The van der Waals surface area contributed by atoms with Crippen LogP contribution in [0.5, 0.6) is 0 Å². The Balaban J connectivity index is 1.87. The minimum absolute atomic E-state index is 0.349. The molecule has 1 aromatic heterocycles. The minimum atomic E-state index is -0.349. The molecule has 5 heteroatoms. The van der Waals surface area contributed by atoms with Gasteiger partial charge in [-0.2, -0.15) is 4.98 Å². The summed E-state index contributed by atoms with van der Waals surface area (Å²) in [5.41, 5.74) is 0. The summed E-state index contributed by atoms with van der Waals surface area (Å²) in [7, 11) is 1.59. The highest BCUT2D eigenvalue weighted by atomic mass is 16.5. The Morgan fingerprint density at radius 2 is 2.25 bits per heavy atom. The topological polar surface area (TPSA) is 68.4 Å². The van der Waals surface area contributed by atoms with E-state index in [9.17, 15) is 5.11 Å². The van der Waals surface area contributed by atoms with Gasteiger partial charge in [-0.25, -0.2) is 0 Å². The van der Waals surface area contributed by atoms with Crippen LogP contribution in [0.4, 0.5) is 0 Å². The molecule has 0 amide bonds. The zero-order valence-electron chi connectivity index (χ0n) is 9.56. The summed E-state index contributed by atoms with van der Waals surface area (Å²) in [5.74, 6) is 1.44. The van der Waals surface area contributed by atoms with Gasteiger partial charge in [0.25, 0.3) is 0 Å². The third-order valence-corrected chi connectivity index (χ3v) is 3.11. The first-order valence-electron chi connectivity index (χ1n) is 5.78. The summed E-state index contributed by atoms with van der Waals surface area (Å²) in [6.45, 7) is 0.350. The van der Waals surface area contributed by atoms with Crippen molar-refractivity contribution in [3.05, 3.63) is 11.7 Å². The molecule has 1 aliphatic rings. The number of methoxy groups -OCH3 is 1. The predicted molar refractivity (Wildman–Crippen MR) is 56.7 cm³/mol. The molecule has 1 heterocycles. The lowest BCUT2D eigenvalue weighted by atomic mass is 9.98. The van der Waals surface area contributed by atoms with Crippen molar-refractivity contribution < 1.29 is 14.4 Å². The first kappa shape index (κ1) is 11.5. The number of aliphatic hydroxyl groups is 1. The Bertz CT molecular complexity index is 321. The molecule has 1 atom stereocenters. The van der Waals surface area contributed by atoms with E-state index in [1.165, 1.54) is 12.8 Å². The Morgan fingerprint density at radius 3 is 2.94 bits per heavy atom. The van der Waals surface area contributed by atoms with Crippen LogP contribution < -0.4 is 0 Å². The molecule has 0 aliphatic heterocycles. The maximum atomic E-state index is 9.98. The van der Waals surface area contributed by atoms with E-state index in [0.29, 0.717) is 30.7 Å². The standard InChI is InChI=1S/C11H18N2O3/c1-15-7-10-12-11(16-13-10)6-9(14)8-4-2-3-5-8/h8-9,14H,2-7H2,1H3. The normalized spacial score (nSPS) is 19.1. The van der Waals surface area contributed by atoms with Crippen LogP contribution in [0.15, 0.2) is 4.52 Å². The Labute approximate surface area is 94.8 Å². The fourth-order valence-electron chi connectivity index (χ4n) is 2.25. The number of nitrogens with zero attached hydrogens (tertiary/aromatic N) is 2. The molecular formula is C11H18N2O3. The molecule has 0 bridgehead atoms. The second kappa shape index (κ2) is 5.41. The van der Waals surface area contributed by atoms with E-state index in [0.717, 1.165) is 12.8 Å². The van der Waals surface area contributed by atoms with Gasteiger partial charge in [0, 0.05) is 7.11 Å². The van der Waals surface area contributed by atoms with Crippen LogP contribution in [0, 0.1) is 5.92 Å². The molecule has 1 aromatic rings. The first-order chi connectivity index (χ1) is 7.79. The van der Waals surface area contributed by atoms with Crippen molar-refractivity contribution in [2.45, 2.75) is 44.8 Å². The summed E-state index contributed by atoms with van der Waals surface area (Å²) in [5, 5.41) is 13.7. The summed E-state index contributed by atoms with van der Waals surface area (Å²) in [4.78, 5) is 4.15. The van der Waals surface area contributed by atoms with E-state index in [4.69, 9.17) is 9.26 Å². The second-order valence-electron chi connectivity index (χ2n) is 4.35. The highest BCUT2D eigenvalue weighted by Crippen LogP contribution is 2.28. The van der Waals surface area contributed by atoms with Crippen LogP contribution in [-0.2, 0) is 17.8 Å². The Morgan fingerprint density at radius 1 is 1.50 bits per heavy atom. The maximum Gasteiger partial charge on any atom is 0.229 e. The highest BCUT2D eigenvalue weighted by Gasteiger charge is 2.25. The third-order valence-electron chi connectivity index (χ3n) is 3.11. The van der Waals surface area contributed by atoms with Crippen LogP contribution in [0.2, 0.25) is 0 Å². The Hall–Kier alpha value is -0.940. The number of hydrogen-bond acceptors (Lipinski definition) is 5. The van der Waals surface area contributed by atoms with Crippen molar-refractivity contribution >= 4 is 0 Å². The number of aromatic nitrogens is 2. The zero-order chi connectivity index (χ0) is 11.4. The van der Waals surface area contributed by atoms with Crippen molar-refractivity contribution in [1.29, 1.82) is 0 Å². The fourth-order valence-corrected chi connectivity index (χ4v) is 2.25. The van der Waals surface area contributed by atoms with Gasteiger partial charge in [0.05, 0.1) is 12.5 Å². The smallest absolute Gasteiger partial charge is 0.229 e. The molecule has 2 rings (SSSR count). The van der Waals surface area contributed by atoms with E-state index < -0.39 is 0 Å². The van der Waals surface area contributed by atoms with Gasteiger partial charge in [-0.1, -0.05) is 18.0 Å². The van der Waals surface area contributed by atoms with E-state index in [1.54, 1.807) is 7.11 Å². The number of ether oxygens (including phenoxy) is 1. The predicted octanol–water partition coefficient (Wildman–Crippen LogP) is 1.31. The van der Waals surface area contributed by atoms with Crippen LogP contribution in [0.3, 0.4) is 0 Å². The largest absolute Gasteiger partial charge is 0.392 e. The fraction of sp³-hybridized carbons (Fsp3) is 0.818. The molecule has 90 valence electrons. The van der Waals surface area contributed by atoms with Crippen molar-refractivity contribution in [3.8, 4) is 0 Å². The number of rotatable bonds is 5. The molecule has 1 N–H and O–H groups in total. The average Bonchev–Trinajstić information content (AvgIpc) is 2.89. The van der Waals surface area contributed by atoms with E-state index in [1.807, 2.05) is 0 Å². The first-order valence-corrected chi connectivity index (χ1v) is 5.78. The molecule has 1 unspecified atom stereocenters. The van der Waals surface area contributed by atoms with Crippen LogP contribution >= 0.6 is 0 Å². The maximum absolute atomic E-state index is 9.98. The molecule has 0 saturated heterocycles. The third kappa shape index (κ3) is 2.80. The molecule has 16 heavy (non-hydrogen) atoms. The van der Waals surface area contributed by atoms with E-state index in [2.05, 4.69) is 10.1 Å². The van der Waals surface area contributed by atoms with Crippen molar-refractivity contribution in [2.75, 3.05) is 7.11 Å². The van der Waals surface area contributed by atoms with Crippen molar-refractivity contribution in [1.82, 2.24) is 10.1 Å². The SMILES string of the molecule is COCc1noc(CC(O)C2CCCC2)n1. The molecule has 1 saturated carbocycles. The van der Waals surface area contributed by atoms with Gasteiger partial charge in [-0.05, 0) is 18.8 Å². The zero-order valence-corrected chi connectivity index (χ0v) is 9.56. The minimum Gasteiger partial charge on any atom is -0.392 e. The molecule has 1 aliphatic carbocycles. The van der Waals surface area contributed by atoms with Crippen LogP contribution in [0.1, 0.15) is 37.4 Å². The molecule has 5 nitrogen and oxygen atoms in total. The van der Waals surface area contributed by atoms with Crippen LogP contribution in [-0.4, -0.2) is 28.5 Å². The summed E-state index contributed by atoms with van der Waals surface area (Å²) in [6, 6.07) is 0. The summed E-state index contributed by atoms with van der Waals surface area (Å²) >= 11 is 0. The number of aliphatic hydroxyl groups excluding tert-OH is 1. The van der Waals surface area contributed by atoms with Gasteiger partial charge >= 0.3 is 0 Å². The molecule has 1 fully saturated rings. The molecular weight excluding hydrogens is 208 g/mol. The monoisotopic (exact) mass is 226 g/mol. The molecule has 0 aromatic carbocycles. The lowest BCUT2D eigenvalue weighted by Crippen LogP contribution is -2.20. The lowest BCUT2D eigenvalue weighted by Gasteiger charge is -2.14. The van der Waals surface area contributed by atoms with Gasteiger partial charge in [0.15, 0.2) is 5.82 Å². The van der Waals surface area contributed by atoms with Gasteiger partial charge in [-0.15, -0.1) is 0 Å².